The molecule has 0 heterocycles. The van der Waals surface area contributed by atoms with Crippen LogP contribution in [-0.4, -0.2) is 35.1 Å². The van der Waals surface area contributed by atoms with Crippen LogP contribution in [-0.2, 0) is 4.79 Å². The minimum atomic E-state index is -1.05. The van der Waals surface area contributed by atoms with E-state index < -0.39 is 12.0 Å². The highest BCUT2D eigenvalue weighted by Crippen LogP contribution is 2.23. The van der Waals surface area contributed by atoms with Crippen LogP contribution in [0.3, 0.4) is 0 Å². The minimum absolute atomic E-state index is 0.222. The second-order valence-electron chi connectivity index (χ2n) is 5.18. The summed E-state index contributed by atoms with van der Waals surface area (Å²) in [6.07, 6.45) is 4.24. The van der Waals surface area contributed by atoms with Crippen molar-refractivity contribution in [3.8, 4) is 0 Å². The molecule has 0 aromatic heterocycles. The predicted octanol–water partition coefficient (Wildman–Crippen LogP) is 2.40. The molecule has 1 aromatic carbocycles. The van der Waals surface area contributed by atoms with E-state index in [4.69, 9.17) is 0 Å². The molecule has 5 heteroatoms. The van der Waals surface area contributed by atoms with Crippen LogP contribution in [0.25, 0.3) is 0 Å². The number of urea groups is 1. The highest BCUT2D eigenvalue weighted by Gasteiger charge is 2.27. The lowest BCUT2D eigenvalue weighted by atomic mass is 10.1. The third-order valence-corrected chi connectivity index (χ3v) is 3.84. The number of aliphatic carboxylic acids is 1. The van der Waals surface area contributed by atoms with Crippen LogP contribution >= 0.6 is 0 Å². The zero-order valence-corrected chi connectivity index (χ0v) is 11.6. The normalized spacial score (nSPS) is 16.6. The maximum Gasteiger partial charge on any atom is 0.330 e. The van der Waals surface area contributed by atoms with Crippen molar-refractivity contribution in [3.63, 3.8) is 0 Å². The lowest BCUT2D eigenvalue weighted by Gasteiger charge is -2.26. The molecule has 0 spiro atoms. The molecule has 108 valence electrons. The van der Waals surface area contributed by atoms with Crippen LogP contribution in [0.1, 0.15) is 37.3 Å². The van der Waals surface area contributed by atoms with Gasteiger partial charge in [0.2, 0.25) is 0 Å². The molecule has 1 aliphatic rings. The summed E-state index contributed by atoms with van der Waals surface area (Å²) in [5.74, 6) is -1.05. The molecule has 2 rings (SSSR count). The van der Waals surface area contributed by atoms with Crippen LogP contribution in [0, 0.1) is 0 Å². The number of amides is 2. The van der Waals surface area contributed by atoms with Gasteiger partial charge in [-0.1, -0.05) is 43.2 Å². The Morgan fingerprint density at radius 3 is 2.40 bits per heavy atom. The number of benzene rings is 1. The Balaban J connectivity index is 2.04. The van der Waals surface area contributed by atoms with Crippen molar-refractivity contribution in [2.75, 3.05) is 7.05 Å². The molecule has 2 N–H and O–H groups in total. The van der Waals surface area contributed by atoms with Crippen molar-refractivity contribution in [1.82, 2.24) is 10.2 Å². The van der Waals surface area contributed by atoms with Gasteiger partial charge in [-0.25, -0.2) is 9.59 Å². The molecule has 0 unspecified atom stereocenters. The molecule has 0 radical (unpaired) electrons. The van der Waals surface area contributed by atoms with E-state index in [1.807, 2.05) is 6.07 Å². The van der Waals surface area contributed by atoms with Gasteiger partial charge in [-0.15, -0.1) is 0 Å². The molecule has 1 fully saturated rings. The second kappa shape index (κ2) is 6.41. The van der Waals surface area contributed by atoms with Crippen molar-refractivity contribution in [1.29, 1.82) is 0 Å². The number of rotatable bonds is 4. The smallest absolute Gasteiger partial charge is 0.330 e. The average molecular weight is 276 g/mol. The quantitative estimate of drug-likeness (QED) is 0.887. The predicted molar refractivity (Wildman–Crippen MR) is 75.4 cm³/mol. The van der Waals surface area contributed by atoms with Crippen LogP contribution in [0.15, 0.2) is 30.3 Å². The van der Waals surface area contributed by atoms with E-state index in [9.17, 15) is 14.7 Å². The number of carboxylic acids is 1. The summed E-state index contributed by atoms with van der Waals surface area (Å²) in [7, 11) is 1.73. The van der Waals surface area contributed by atoms with Crippen LogP contribution < -0.4 is 5.32 Å². The van der Waals surface area contributed by atoms with E-state index in [2.05, 4.69) is 5.32 Å². The summed E-state index contributed by atoms with van der Waals surface area (Å²) < 4.78 is 0. The molecule has 0 aliphatic heterocycles. The second-order valence-corrected chi connectivity index (χ2v) is 5.18. The molecule has 2 amide bonds. The number of carbonyl (C=O) groups is 2. The summed E-state index contributed by atoms with van der Waals surface area (Å²) in [4.78, 5) is 25.1. The lowest BCUT2D eigenvalue weighted by molar-refractivity contribution is -0.139. The minimum Gasteiger partial charge on any atom is -0.479 e. The van der Waals surface area contributed by atoms with E-state index in [1.165, 1.54) is 0 Å². The third-order valence-electron chi connectivity index (χ3n) is 3.84. The number of nitrogens with zero attached hydrogens (tertiary/aromatic N) is 1. The van der Waals surface area contributed by atoms with E-state index in [1.54, 1.807) is 36.2 Å². The summed E-state index contributed by atoms with van der Waals surface area (Å²) in [5, 5.41) is 11.9. The first-order chi connectivity index (χ1) is 9.59. The Kier molecular flexibility index (Phi) is 4.61. The first-order valence-electron chi connectivity index (χ1n) is 6.90. The maximum atomic E-state index is 12.2. The molecular weight excluding hydrogens is 256 g/mol. The Morgan fingerprint density at radius 1 is 1.25 bits per heavy atom. The van der Waals surface area contributed by atoms with Gasteiger partial charge in [-0.3, -0.25) is 0 Å². The lowest BCUT2D eigenvalue weighted by Crippen LogP contribution is -2.45. The molecule has 1 saturated carbocycles. The zero-order valence-electron chi connectivity index (χ0n) is 11.6. The third kappa shape index (κ3) is 3.29. The Morgan fingerprint density at radius 2 is 1.85 bits per heavy atom. The van der Waals surface area contributed by atoms with Gasteiger partial charge in [0.15, 0.2) is 6.04 Å². The monoisotopic (exact) mass is 276 g/mol. The van der Waals surface area contributed by atoms with E-state index in [0.717, 1.165) is 25.7 Å². The first kappa shape index (κ1) is 14.4. The van der Waals surface area contributed by atoms with Gasteiger partial charge in [0.1, 0.15) is 0 Å². The topological polar surface area (TPSA) is 69.6 Å². The van der Waals surface area contributed by atoms with Crippen LogP contribution in [0.5, 0.6) is 0 Å². The average Bonchev–Trinajstić information content (AvgIpc) is 2.98. The van der Waals surface area contributed by atoms with Gasteiger partial charge in [0, 0.05) is 13.1 Å². The number of hydrogen-bond acceptors (Lipinski definition) is 2. The molecule has 1 atom stereocenters. The van der Waals surface area contributed by atoms with Crippen molar-refractivity contribution < 1.29 is 14.7 Å². The molecular formula is C15H20N2O3. The first-order valence-corrected chi connectivity index (χ1v) is 6.90. The van der Waals surface area contributed by atoms with Crippen molar-refractivity contribution in [2.45, 2.75) is 37.8 Å². The van der Waals surface area contributed by atoms with Gasteiger partial charge < -0.3 is 15.3 Å². The number of nitrogens with one attached hydrogen (secondary N) is 1. The molecule has 1 aliphatic carbocycles. The molecule has 0 saturated heterocycles. The van der Waals surface area contributed by atoms with Crippen LogP contribution in [0.4, 0.5) is 4.79 Å². The van der Waals surface area contributed by atoms with Crippen molar-refractivity contribution >= 4 is 12.0 Å². The summed E-state index contributed by atoms with van der Waals surface area (Å²) in [6.45, 7) is 0. The van der Waals surface area contributed by atoms with Gasteiger partial charge >= 0.3 is 12.0 Å². The molecule has 0 bridgehead atoms. The molecule has 1 aromatic rings. The van der Waals surface area contributed by atoms with Gasteiger partial charge in [-0.05, 0) is 18.4 Å². The molecule has 5 nitrogen and oxygen atoms in total. The van der Waals surface area contributed by atoms with Crippen molar-refractivity contribution in [2.24, 2.45) is 0 Å². The van der Waals surface area contributed by atoms with E-state index in [-0.39, 0.29) is 12.1 Å². The van der Waals surface area contributed by atoms with E-state index >= 15 is 0 Å². The summed E-state index contributed by atoms with van der Waals surface area (Å²) in [6, 6.07) is 7.63. The van der Waals surface area contributed by atoms with Crippen LogP contribution in [0.2, 0.25) is 0 Å². The SMILES string of the molecule is CN(C(=O)N[C@H](C(=O)O)c1ccccc1)C1CCCC1. The maximum absolute atomic E-state index is 12.2. The van der Waals surface area contributed by atoms with Crippen molar-refractivity contribution in [3.05, 3.63) is 35.9 Å². The Hall–Kier alpha value is -2.04. The highest BCUT2D eigenvalue weighted by atomic mass is 16.4. The van der Waals surface area contributed by atoms with Gasteiger partial charge in [-0.2, -0.15) is 0 Å². The Labute approximate surface area is 118 Å². The largest absolute Gasteiger partial charge is 0.479 e. The molecule has 20 heavy (non-hydrogen) atoms. The highest BCUT2D eigenvalue weighted by molar-refractivity contribution is 5.83. The Bertz CT molecular complexity index is 469. The fourth-order valence-electron chi connectivity index (χ4n) is 2.62. The van der Waals surface area contributed by atoms with Gasteiger partial charge in [0.05, 0.1) is 0 Å². The summed E-state index contributed by atoms with van der Waals surface area (Å²) >= 11 is 0. The summed E-state index contributed by atoms with van der Waals surface area (Å²) in [5.41, 5.74) is 0.577. The standard InChI is InChI=1S/C15H20N2O3/c1-17(12-9-5-6-10-12)15(20)16-13(14(18)19)11-7-3-2-4-8-11/h2-4,7-8,12-13H,5-6,9-10H2,1H3,(H,16,20)(H,18,19)/t13-/m0/s1. The number of carboxylic acid groups (broad SMARTS) is 1. The van der Waals surface area contributed by atoms with Gasteiger partial charge in [0.25, 0.3) is 0 Å². The number of hydrogen-bond donors (Lipinski definition) is 2. The van der Waals surface area contributed by atoms with E-state index in [0.29, 0.717) is 5.56 Å². The fourth-order valence-corrected chi connectivity index (χ4v) is 2.62. The zero-order chi connectivity index (χ0) is 14.5. The number of carbonyl (C=O) groups excluding carboxylic acids is 1. The fraction of sp³-hybridized carbons (Fsp3) is 0.467.